The number of rotatable bonds is 2. The lowest BCUT2D eigenvalue weighted by Gasteiger charge is -2.33. The van der Waals surface area contributed by atoms with E-state index >= 15 is 0 Å². The first kappa shape index (κ1) is 12.6. The summed E-state index contributed by atoms with van der Waals surface area (Å²) in [6, 6.07) is 6.96. The summed E-state index contributed by atoms with van der Waals surface area (Å²) in [5.74, 6) is 0. The van der Waals surface area contributed by atoms with Crippen molar-refractivity contribution in [2.75, 3.05) is 13.2 Å². The van der Waals surface area contributed by atoms with Crippen LogP contribution in [0.2, 0.25) is 0 Å². The largest absolute Gasteiger partial charge is 0.493 e. The molecular formula is C12H14BClO3. The van der Waals surface area contributed by atoms with Gasteiger partial charge < -0.3 is 9.31 Å². The quantitative estimate of drug-likeness (QED) is 0.595. The van der Waals surface area contributed by atoms with Gasteiger partial charge in [-0.15, -0.1) is 0 Å². The van der Waals surface area contributed by atoms with Crippen LogP contribution in [-0.4, -0.2) is 25.6 Å². The molecule has 5 heteroatoms. The monoisotopic (exact) mass is 252 g/mol. The molecule has 0 aliphatic carbocycles. The number of hydrogen-bond donors (Lipinski definition) is 0. The van der Waals surface area contributed by atoms with Crippen LogP contribution < -0.4 is 5.46 Å². The first-order valence-electron chi connectivity index (χ1n) is 5.51. The van der Waals surface area contributed by atoms with Crippen LogP contribution in [0.1, 0.15) is 24.2 Å². The molecule has 0 N–H and O–H groups in total. The highest BCUT2D eigenvalue weighted by atomic mass is 35.5. The molecule has 90 valence electrons. The maximum absolute atomic E-state index is 10.9. The van der Waals surface area contributed by atoms with Crippen molar-refractivity contribution >= 4 is 29.4 Å². The second kappa shape index (κ2) is 4.80. The summed E-state index contributed by atoms with van der Waals surface area (Å²) in [7, 11) is -0.345. The highest BCUT2D eigenvalue weighted by Gasteiger charge is 2.33. The normalized spacial score (nSPS) is 19.1. The van der Waals surface area contributed by atoms with E-state index in [2.05, 4.69) is 13.8 Å². The molecule has 0 atom stereocenters. The molecule has 0 saturated carbocycles. The van der Waals surface area contributed by atoms with Crippen LogP contribution in [0.5, 0.6) is 0 Å². The summed E-state index contributed by atoms with van der Waals surface area (Å²) in [6.45, 7) is 5.51. The van der Waals surface area contributed by atoms with Gasteiger partial charge in [0.2, 0.25) is 0 Å². The zero-order valence-corrected chi connectivity index (χ0v) is 10.7. The van der Waals surface area contributed by atoms with Crippen LogP contribution in [-0.2, 0) is 9.31 Å². The Kier molecular flexibility index (Phi) is 3.57. The van der Waals surface area contributed by atoms with E-state index in [1.165, 1.54) is 0 Å². The summed E-state index contributed by atoms with van der Waals surface area (Å²) in [4.78, 5) is 10.9. The van der Waals surface area contributed by atoms with Crippen molar-refractivity contribution < 1.29 is 14.1 Å². The molecule has 3 nitrogen and oxygen atoms in total. The Morgan fingerprint density at radius 1 is 1.24 bits per heavy atom. The number of hydrogen-bond acceptors (Lipinski definition) is 3. The van der Waals surface area contributed by atoms with Gasteiger partial charge in [0.15, 0.2) is 0 Å². The van der Waals surface area contributed by atoms with Gasteiger partial charge in [-0.1, -0.05) is 38.1 Å². The van der Waals surface area contributed by atoms with E-state index < -0.39 is 5.24 Å². The zero-order valence-electron chi connectivity index (χ0n) is 9.90. The molecule has 1 aromatic rings. The molecule has 1 saturated heterocycles. The Bertz CT molecular complexity index is 406. The second-order valence-electron chi connectivity index (χ2n) is 5.01. The minimum atomic E-state index is -0.455. The van der Waals surface area contributed by atoms with E-state index in [4.69, 9.17) is 20.9 Å². The fraction of sp³-hybridized carbons (Fsp3) is 0.417. The highest BCUT2D eigenvalue weighted by Crippen LogP contribution is 2.21. The fourth-order valence-corrected chi connectivity index (χ4v) is 1.78. The minimum absolute atomic E-state index is 0.0581. The lowest BCUT2D eigenvalue weighted by Crippen LogP contribution is -2.47. The van der Waals surface area contributed by atoms with Gasteiger partial charge in [0.05, 0.1) is 0 Å². The van der Waals surface area contributed by atoms with E-state index in [0.717, 1.165) is 5.46 Å². The van der Waals surface area contributed by atoms with Crippen molar-refractivity contribution in [3.05, 3.63) is 29.8 Å². The molecule has 0 spiro atoms. The second-order valence-corrected chi connectivity index (χ2v) is 5.36. The van der Waals surface area contributed by atoms with Gasteiger partial charge in [0, 0.05) is 24.2 Å². The molecule has 1 heterocycles. The minimum Gasteiger partial charge on any atom is -0.407 e. The van der Waals surface area contributed by atoms with Crippen molar-refractivity contribution in [1.82, 2.24) is 0 Å². The van der Waals surface area contributed by atoms with E-state index in [1.807, 2.05) is 0 Å². The molecule has 0 unspecified atom stereocenters. The molecule has 0 bridgehead atoms. The predicted molar refractivity (Wildman–Crippen MR) is 67.7 cm³/mol. The lowest BCUT2D eigenvalue weighted by molar-refractivity contribution is 0.0343. The molecule has 0 radical (unpaired) electrons. The summed E-state index contributed by atoms with van der Waals surface area (Å²) in [6.07, 6.45) is 0. The SMILES string of the molecule is CC1(C)COB(c2ccc(C(=O)Cl)cc2)OC1. The van der Waals surface area contributed by atoms with Gasteiger partial charge in [0.1, 0.15) is 0 Å². The van der Waals surface area contributed by atoms with E-state index in [-0.39, 0.29) is 12.5 Å². The topological polar surface area (TPSA) is 35.5 Å². The summed E-state index contributed by atoms with van der Waals surface area (Å²) in [5.41, 5.74) is 1.44. The van der Waals surface area contributed by atoms with Crippen molar-refractivity contribution in [1.29, 1.82) is 0 Å². The standard InChI is InChI=1S/C12H14BClO3/c1-12(2)7-16-13(17-8-12)10-5-3-9(4-6-10)11(14)15/h3-6H,7-8H2,1-2H3. The van der Waals surface area contributed by atoms with E-state index in [1.54, 1.807) is 24.3 Å². The number of halogens is 1. The van der Waals surface area contributed by atoms with Gasteiger partial charge >= 0.3 is 7.12 Å². The Balaban J connectivity index is 2.06. The van der Waals surface area contributed by atoms with Crippen LogP contribution in [0.25, 0.3) is 0 Å². The first-order chi connectivity index (χ1) is 7.98. The summed E-state index contributed by atoms with van der Waals surface area (Å²) >= 11 is 5.38. The van der Waals surface area contributed by atoms with Crippen molar-refractivity contribution in [2.24, 2.45) is 5.41 Å². The van der Waals surface area contributed by atoms with Gasteiger partial charge in [-0.2, -0.15) is 0 Å². The predicted octanol–water partition coefficient (Wildman–Crippen LogP) is 1.83. The average Bonchev–Trinajstić information content (AvgIpc) is 2.29. The summed E-state index contributed by atoms with van der Waals surface area (Å²) in [5, 5.41) is -0.455. The van der Waals surface area contributed by atoms with Gasteiger partial charge in [-0.3, -0.25) is 4.79 Å². The molecule has 0 amide bonds. The average molecular weight is 253 g/mol. The molecular weight excluding hydrogens is 238 g/mol. The van der Waals surface area contributed by atoms with Crippen LogP contribution in [0.3, 0.4) is 0 Å². The third-order valence-electron chi connectivity index (χ3n) is 2.66. The Labute approximate surface area is 106 Å². The van der Waals surface area contributed by atoms with E-state index in [0.29, 0.717) is 18.8 Å². The fourth-order valence-electron chi connectivity index (χ4n) is 1.66. The van der Waals surface area contributed by atoms with Gasteiger partial charge in [-0.05, 0) is 17.1 Å². The smallest absolute Gasteiger partial charge is 0.407 e. The molecule has 1 fully saturated rings. The van der Waals surface area contributed by atoms with Crippen LogP contribution >= 0.6 is 11.6 Å². The molecule has 0 aromatic heterocycles. The maximum atomic E-state index is 10.9. The molecule has 2 rings (SSSR count). The van der Waals surface area contributed by atoms with Gasteiger partial charge in [0.25, 0.3) is 5.24 Å². The maximum Gasteiger partial charge on any atom is 0.493 e. The van der Waals surface area contributed by atoms with Crippen LogP contribution in [0, 0.1) is 5.41 Å². The molecule has 17 heavy (non-hydrogen) atoms. The number of benzene rings is 1. The number of carbonyl (C=O) groups is 1. The third kappa shape index (κ3) is 3.09. The van der Waals surface area contributed by atoms with Crippen LogP contribution in [0.15, 0.2) is 24.3 Å². The van der Waals surface area contributed by atoms with Crippen molar-refractivity contribution in [2.45, 2.75) is 13.8 Å². The van der Waals surface area contributed by atoms with Gasteiger partial charge in [-0.25, -0.2) is 0 Å². The Hall–Kier alpha value is -0.835. The molecule has 1 aromatic carbocycles. The lowest BCUT2D eigenvalue weighted by atomic mass is 9.76. The third-order valence-corrected chi connectivity index (χ3v) is 2.88. The summed E-state index contributed by atoms with van der Waals surface area (Å²) < 4.78 is 11.3. The highest BCUT2D eigenvalue weighted by molar-refractivity contribution is 6.68. The zero-order chi connectivity index (χ0) is 12.5. The molecule has 1 aliphatic heterocycles. The number of carbonyl (C=O) groups excluding carboxylic acids is 1. The molecule has 1 aliphatic rings. The Morgan fingerprint density at radius 3 is 2.24 bits per heavy atom. The van der Waals surface area contributed by atoms with Crippen molar-refractivity contribution in [3.8, 4) is 0 Å². The van der Waals surface area contributed by atoms with E-state index in [9.17, 15) is 4.79 Å². The Morgan fingerprint density at radius 2 is 1.76 bits per heavy atom. The first-order valence-corrected chi connectivity index (χ1v) is 5.89. The van der Waals surface area contributed by atoms with Crippen molar-refractivity contribution in [3.63, 3.8) is 0 Å². The van der Waals surface area contributed by atoms with Crippen LogP contribution in [0.4, 0.5) is 0 Å².